The van der Waals surface area contributed by atoms with E-state index in [4.69, 9.17) is 5.11 Å². The molecule has 3 N–H and O–H groups in total. The second-order valence-corrected chi connectivity index (χ2v) is 5.20. The summed E-state index contributed by atoms with van der Waals surface area (Å²) in [5.74, 6) is 0.915. The number of aliphatic hydroxyl groups is 1. The number of carbonyl (C=O) groups is 1. The van der Waals surface area contributed by atoms with Crippen molar-refractivity contribution in [3.8, 4) is 0 Å². The zero-order valence-corrected chi connectivity index (χ0v) is 13.3. The summed E-state index contributed by atoms with van der Waals surface area (Å²) in [5, 5.41) is 22.5. The lowest BCUT2D eigenvalue weighted by Gasteiger charge is -2.09. The summed E-state index contributed by atoms with van der Waals surface area (Å²) in [4.78, 5) is 11.7. The van der Waals surface area contributed by atoms with E-state index in [0.29, 0.717) is 19.6 Å². The first-order valence-electron chi connectivity index (χ1n) is 7.80. The molecular formula is C16H23N5O2. The number of nitrogens with one attached hydrogen (secondary N) is 2. The van der Waals surface area contributed by atoms with Gasteiger partial charge < -0.3 is 20.3 Å². The van der Waals surface area contributed by atoms with Gasteiger partial charge in [-0.25, -0.2) is 4.79 Å². The molecule has 1 aromatic carbocycles. The second kappa shape index (κ2) is 8.89. The summed E-state index contributed by atoms with van der Waals surface area (Å²) >= 11 is 0. The largest absolute Gasteiger partial charge is 0.392 e. The number of hydrogen-bond donors (Lipinski definition) is 3. The predicted molar refractivity (Wildman–Crippen MR) is 86.9 cm³/mol. The van der Waals surface area contributed by atoms with Crippen molar-refractivity contribution in [3.05, 3.63) is 47.5 Å². The minimum atomic E-state index is -0.178. The molecule has 0 saturated carbocycles. The molecular weight excluding hydrogens is 294 g/mol. The van der Waals surface area contributed by atoms with Crippen molar-refractivity contribution >= 4 is 6.03 Å². The van der Waals surface area contributed by atoms with Gasteiger partial charge in [0.1, 0.15) is 12.2 Å². The van der Waals surface area contributed by atoms with Gasteiger partial charge in [0.15, 0.2) is 0 Å². The Balaban J connectivity index is 1.63. The van der Waals surface area contributed by atoms with E-state index in [1.165, 1.54) is 0 Å². The lowest BCUT2D eigenvalue weighted by atomic mass is 10.1. The van der Waals surface area contributed by atoms with Crippen molar-refractivity contribution in [3.63, 3.8) is 0 Å². The van der Waals surface area contributed by atoms with E-state index in [-0.39, 0.29) is 12.6 Å². The Labute approximate surface area is 135 Å². The average Bonchev–Trinajstić information content (AvgIpc) is 3.03. The number of aromatic nitrogens is 3. The maximum atomic E-state index is 11.7. The molecule has 0 aliphatic rings. The van der Waals surface area contributed by atoms with Gasteiger partial charge >= 0.3 is 6.03 Å². The predicted octanol–water partition coefficient (Wildman–Crippen LogP) is 0.875. The normalized spacial score (nSPS) is 10.5. The number of carbonyl (C=O) groups excluding carboxylic acids is 1. The molecule has 0 fully saturated rings. The molecule has 7 nitrogen and oxygen atoms in total. The Bertz CT molecular complexity index is 609. The smallest absolute Gasteiger partial charge is 0.314 e. The quantitative estimate of drug-likeness (QED) is 0.674. The maximum Gasteiger partial charge on any atom is 0.314 e. The van der Waals surface area contributed by atoms with E-state index >= 15 is 0 Å². The van der Waals surface area contributed by atoms with Gasteiger partial charge in [-0.3, -0.25) is 0 Å². The van der Waals surface area contributed by atoms with Gasteiger partial charge in [0, 0.05) is 26.1 Å². The van der Waals surface area contributed by atoms with Crippen LogP contribution in [-0.4, -0.2) is 39.0 Å². The molecule has 0 saturated heterocycles. The Morgan fingerprint density at radius 3 is 2.57 bits per heavy atom. The van der Waals surface area contributed by atoms with Gasteiger partial charge in [-0.2, -0.15) is 0 Å². The molecule has 2 rings (SSSR count). The molecule has 7 heteroatoms. The van der Waals surface area contributed by atoms with Crippen molar-refractivity contribution in [2.75, 3.05) is 13.1 Å². The van der Waals surface area contributed by atoms with Crippen molar-refractivity contribution in [2.45, 2.75) is 32.9 Å². The first-order valence-corrected chi connectivity index (χ1v) is 7.80. The fourth-order valence-corrected chi connectivity index (χ4v) is 2.22. The van der Waals surface area contributed by atoms with Gasteiger partial charge in [-0.1, -0.05) is 31.2 Å². The zero-order valence-electron chi connectivity index (χ0n) is 13.3. The van der Waals surface area contributed by atoms with Crippen LogP contribution in [0.15, 0.2) is 30.6 Å². The van der Waals surface area contributed by atoms with Crippen molar-refractivity contribution in [1.29, 1.82) is 0 Å². The van der Waals surface area contributed by atoms with Crippen LogP contribution >= 0.6 is 0 Å². The van der Waals surface area contributed by atoms with Crippen LogP contribution in [0.5, 0.6) is 0 Å². The van der Waals surface area contributed by atoms with Crippen LogP contribution in [0.25, 0.3) is 0 Å². The van der Waals surface area contributed by atoms with E-state index in [9.17, 15) is 4.79 Å². The van der Waals surface area contributed by atoms with Gasteiger partial charge in [-0.05, 0) is 17.5 Å². The summed E-state index contributed by atoms with van der Waals surface area (Å²) in [7, 11) is 0. The van der Waals surface area contributed by atoms with E-state index < -0.39 is 0 Å². The molecule has 0 unspecified atom stereocenters. The van der Waals surface area contributed by atoms with Gasteiger partial charge in [0.05, 0.1) is 6.61 Å². The lowest BCUT2D eigenvalue weighted by Crippen LogP contribution is -2.38. The fraction of sp³-hybridized carbons (Fsp3) is 0.438. The fourth-order valence-electron chi connectivity index (χ4n) is 2.22. The third-order valence-electron chi connectivity index (χ3n) is 3.55. The first-order chi connectivity index (χ1) is 11.2. The monoisotopic (exact) mass is 317 g/mol. The Morgan fingerprint density at radius 2 is 1.87 bits per heavy atom. The molecule has 0 atom stereocenters. The van der Waals surface area contributed by atoms with Crippen LogP contribution in [0, 0.1) is 0 Å². The van der Waals surface area contributed by atoms with Gasteiger partial charge in [0.2, 0.25) is 0 Å². The zero-order chi connectivity index (χ0) is 16.5. The number of rotatable bonds is 8. The van der Waals surface area contributed by atoms with Crippen molar-refractivity contribution < 1.29 is 9.90 Å². The van der Waals surface area contributed by atoms with Gasteiger partial charge in [-0.15, -0.1) is 10.2 Å². The minimum absolute atomic E-state index is 0.0487. The number of aliphatic hydroxyl groups excluding tert-OH is 1. The summed E-state index contributed by atoms with van der Waals surface area (Å²) in [5.41, 5.74) is 2.01. The van der Waals surface area contributed by atoms with Crippen LogP contribution in [0.4, 0.5) is 4.79 Å². The first kappa shape index (κ1) is 17.0. The summed E-state index contributed by atoms with van der Waals surface area (Å²) in [6, 6.07) is 7.52. The average molecular weight is 317 g/mol. The molecule has 0 aliphatic carbocycles. The van der Waals surface area contributed by atoms with E-state index in [2.05, 4.69) is 20.8 Å². The topological polar surface area (TPSA) is 92.1 Å². The Kier molecular flexibility index (Phi) is 6.56. The van der Waals surface area contributed by atoms with Crippen LogP contribution in [-0.2, 0) is 26.0 Å². The number of amides is 2. The highest BCUT2D eigenvalue weighted by Gasteiger charge is 2.03. The third kappa shape index (κ3) is 5.37. The molecule has 0 spiro atoms. The third-order valence-corrected chi connectivity index (χ3v) is 3.55. The Morgan fingerprint density at radius 1 is 1.17 bits per heavy atom. The number of aryl methyl sites for hydroxylation is 1. The Hall–Kier alpha value is -2.41. The highest BCUT2D eigenvalue weighted by molar-refractivity contribution is 5.73. The van der Waals surface area contributed by atoms with Crippen LogP contribution in [0.3, 0.4) is 0 Å². The molecule has 0 bridgehead atoms. The number of nitrogens with zero attached hydrogens (tertiary/aromatic N) is 3. The van der Waals surface area contributed by atoms with Crippen LogP contribution < -0.4 is 10.6 Å². The summed E-state index contributed by atoms with van der Waals surface area (Å²) in [6.45, 7) is 3.83. The van der Waals surface area contributed by atoms with Gasteiger partial charge in [0.25, 0.3) is 0 Å². The van der Waals surface area contributed by atoms with Crippen molar-refractivity contribution in [2.24, 2.45) is 0 Å². The SMILES string of the molecule is CCc1nncn1CCNC(=O)NCCc1ccc(CO)cc1. The van der Waals surface area contributed by atoms with Crippen LogP contribution in [0.1, 0.15) is 23.9 Å². The number of hydrogen-bond acceptors (Lipinski definition) is 4. The number of benzene rings is 1. The molecule has 124 valence electrons. The van der Waals surface area contributed by atoms with E-state index in [0.717, 1.165) is 29.8 Å². The minimum Gasteiger partial charge on any atom is -0.392 e. The van der Waals surface area contributed by atoms with E-state index in [1.54, 1.807) is 6.33 Å². The highest BCUT2D eigenvalue weighted by Crippen LogP contribution is 2.04. The highest BCUT2D eigenvalue weighted by atomic mass is 16.3. The maximum absolute atomic E-state index is 11.7. The molecule has 0 radical (unpaired) electrons. The lowest BCUT2D eigenvalue weighted by molar-refractivity contribution is 0.240. The molecule has 2 aromatic rings. The van der Waals surface area contributed by atoms with Crippen molar-refractivity contribution in [1.82, 2.24) is 25.4 Å². The number of urea groups is 1. The summed E-state index contributed by atoms with van der Waals surface area (Å²) < 4.78 is 1.93. The van der Waals surface area contributed by atoms with Crippen LogP contribution in [0.2, 0.25) is 0 Å². The molecule has 1 heterocycles. The second-order valence-electron chi connectivity index (χ2n) is 5.20. The molecule has 23 heavy (non-hydrogen) atoms. The van der Waals surface area contributed by atoms with E-state index in [1.807, 2.05) is 35.8 Å². The summed E-state index contributed by atoms with van der Waals surface area (Å²) in [6.07, 6.45) is 3.25. The standard InChI is InChI=1S/C16H23N5O2/c1-2-15-20-19-12-21(15)10-9-18-16(23)17-8-7-13-3-5-14(11-22)6-4-13/h3-6,12,22H,2,7-11H2,1H3,(H2,17,18,23). The molecule has 0 aliphatic heterocycles. The molecule has 2 amide bonds. The molecule has 1 aromatic heterocycles.